The molecule has 2 aromatic carbocycles. The van der Waals surface area contributed by atoms with Gasteiger partial charge < -0.3 is 15.2 Å². The van der Waals surface area contributed by atoms with Crippen LogP contribution in [0.25, 0.3) is 10.9 Å². The molecule has 0 aliphatic carbocycles. The third kappa shape index (κ3) is 2.70. The number of hydrogen-bond acceptors (Lipinski definition) is 2. The van der Waals surface area contributed by atoms with E-state index in [1.807, 2.05) is 35.4 Å². The molecule has 5 nitrogen and oxygen atoms in total. The van der Waals surface area contributed by atoms with E-state index in [1.165, 1.54) is 10.9 Å². The molecule has 3 heterocycles. The summed E-state index contributed by atoms with van der Waals surface area (Å²) in [6.07, 6.45) is 5.10. The summed E-state index contributed by atoms with van der Waals surface area (Å²) in [5, 5.41) is 4.23. The molecule has 2 amide bonds. The van der Waals surface area contributed by atoms with Gasteiger partial charge in [0, 0.05) is 35.8 Å². The van der Waals surface area contributed by atoms with Gasteiger partial charge in [0.1, 0.15) is 0 Å². The molecule has 5 heteroatoms. The summed E-state index contributed by atoms with van der Waals surface area (Å²) in [7, 11) is 0. The molecule has 0 saturated heterocycles. The summed E-state index contributed by atoms with van der Waals surface area (Å²) in [5.74, 6) is 0.0909. The molecule has 27 heavy (non-hydrogen) atoms. The molecule has 0 radical (unpaired) electrons. The number of carbonyl (C=O) groups is 2. The van der Waals surface area contributed by atoms with Crippen molar-refractivity contribution in [2.24, 2.45) is 0 Å². The summed E-state index contributed by atoms with van der Waals surface area (Å²) in [4.78, 5) is 30.0. The monoisotopic (exact) mass is 359 g/mol. The van der Waals surface area contributed by atoms with E-state index >= 15 is 0 Å². The number of anilines is 1. The van der Waals surface area contributed by atoms with E-state index in [-0.39, 0.29) is 11.8 Å². The number of amides is 2. The number of aryl methyl sites for hydroxylation is 1. The second kappa shape index (κ2) is 6.27. The van der Waals surface area contributed by atoms with Gasteiger partial charge in [0.2, 0.25) is 5.91 Å². The van der Waals surface area contributed by atoms with Gasteiger partial charge in [-0.1, -0.05) is 18.2 Å². The molecule has 2 aliphatic rings. The van der Waals surface area contributed by atoms with Gasteiger partial charge in [-0.05, 0) is 54.2 Å². The molecule has 0 fully saturated rings. The Hall–Kier alpha value is -3.08. The number of nitrogens with one attached hydrogen (secondary N) is 2. The zero-order valence-electron chi connectivity index (χ0n) is 15.0. The minimum atomic E-state index is -0.0645. The van der Waals surface area contributed by atoms with Crippen molar-refractivity contribution < 1.29 is 9.59 Å². The lowest BCUT2D eigenvalue weighted by Gasteiger charge is -2.25. The number of hydrogen-bond donors (Lipinski definition) is 2. The summed E-state index contributed by atoms with van der Waals surface area (Å²) < 4.78 is 0. The molecule has 0 unspecified atom stereocenters. The van der Waals surface area contributed by atoms with Crippen molar-refractivity contribution in [3.63, 3.8) is 0 Å². The lowest BCUT2D eigenvalue weighted by atomic mass is 9.96. The number of para-hydroxylation sites is 1. The highest BCUT2D eigenvalue weighted by Crippen LogP contribution is 2.37. The first kappa shape index (κ1) is 16.1. The fourth-order valence-corrected chi connectivity index (χ4v) is 4.36. The average molecular weight is 359 g/mol. The van der Waals surface area contributed by atoms with Gasteiger partial charge in [0.15, 0.2) is 0 Å². The molecule has 2 aliphatic heterocycles. The SMILES string of the molecule is O=C(NCCc1c[nH]c2ccccc12)c1cc2c3c(c1)CC(=O)N3CCC2. The van der Waals surface area contributed by atoms with Gasteiger partial charge in [-0.3, -0.25) is 9.59 Å². The molecule has 1 aromatic heterocycles. The maximum absolute atomic E-state index is 12.7. The van der Waals surface area contributed by atoms with Crippen molar-refractivity contribution in [2.45, 2.75) is 25.7 Å². The predicted octanol–water partition coefficient (Wildman–Crippen LogP) is 2.98. The zero-order chi connectivity index (χ0) is 18.4. The van der Waals surface area contributed by atoms with Gasteiger partial charge >= 0.3 is 0 Å². The Balaban J connectivity index is 1.31. The van der Waals surface area contributed by atoms with Crippen LogP contribution in [0.4, 0.5) is 5.69 Å². The smallest absolute Gasteiger partial charge is 0.251 e. The van der Waals surface area contributed by atoms with Crippen LogP contribution in [0.5, 0.6) is 0 Å². The molecule has 136 valence electrons. The van der Waals surface area contributed by atoms with Crippen LogP contribution in [0, 0.1) is 0 Å². The fraction of sp³-hybridized carbons (Fsp3) is 0.273. The van der Waals surface area contributed by atoms with Crippen molar-refractivity contribution in [3.05, 3.63) is 64.8 Å². The largest absolute Gasteiger partial charge is 0.361 e. The first-order valence-electron chi connectivity index (χ1n) is 9.50. The molecule has 0 saturated carbocycles. The summed E-state index contributed by atoms with van der Waals surface area (Å²) in [6.45, 7) is 1.38. The molecule has 2 N–H and O–H groups in total. The van der Waals surface area contributed by atoms with Gasteiger partial charge in [0.25, 0.3) is 5.91 Å². The minimum absolute atomic E-state index is 0.0645. The molecule has 0 spiro atoms. The number of carbonyl (C=O) groups excluding carboxylic acids is 2. The van der Waals surface area contributed by atoms with Crippen molar-refractivity contribution in [3.8, 4) is 0 Å². The normalized spacial score (nSPS) is 15.3. The van der Waals surface area contributed by atoms with Crippen LogP contribution >= 0.6 is 0 Å². The van der Waals surface area contributed by atoms with Crippen molar-refractivity contribution in [1.82, 2.24) is 10.3 Å². The third-order valence-electron chi connectivity index (χ3n) is 5.63. The number of benzene rings is 2. The van der Waals surface area contributed by atoms with Gasteiger partial charge in [-0.25, -0.2) is 0 Å². The van der Waals surface area contributed by atoms with Crippen LogP contribution in [0.15, 0.2) is 42.6 Å². The van der Waals surface area contributed by atoms with E-state index in [0.29, 0.717) is 18.5 Å². The van der Waals surface area contributed by atoms with E-state index < -0.39 is 0 Å². The minimum Gasteiger partial charge on any atom is -0.361 e. The molecule has 5 rings (SSSR count). The Morgan fingerprint density at radius 1 is 1.19 bits per heavy atom. The predicted molar refractivity (Wildman–Crippen MR) is 105 cm³/mol. The van der Waals surface area contributed by atoms with Gasteiger partial charge in [-0.15, -0.1) is 0 Å². The quantitative estimate of drug-likeness (QED) is 0.752. The maximum atomic E-state index is 12.7. The van der Waals surface area contributed by atoms with Crippen LogP contribution in [0.1, 0.15) is 33.5 Å². The third-order valence-corrected chi connectivity index (χ3v) is 5.63. The molecule has 0 bridgehead atoms. The molecule has 3 aromatic rings. The van der Waals surface area contributed by atoms with Crippen LogP contribution in [-0.2, 0) is 24.1 Å². The number of aromatic amines is 1. The first-order chi connectivity index (χ1) is 13.2. The second-order valence-corrected chi connectivity index (χ2v) is 7.33. The van der Waals surface area contributed by atoms with Gasteiger partial charge in [-0.2, -0.15) is 0 Å². The van der Waals surface area contributed by atoms with E-state index in [1.54, 1.807) is 0 Å². The summed E-state index contributed by atoms with van der Waals surface area (Å²) in [6, 6.07) is 12.0. The fourth-order valence-electron chi connectivity index (χ4n) is 4.36. The highest BCUT2D eigenvalue weighted by molar-refractivity contribution is 6.04. The standard InChI is InChI=1S/C22H21N3O2/c26-20-12-16-11-17(10-14-4-3-9-25(20)21(14)16)22(27)23-8-7-15-13-24-19-6-2-1-5-18(15)19/h1-2,5-6,10-11,13,24H,3-4,7-9,12H2,(H,23,27). The van der Waals surface area contributed by atoms with Crippen molar-refractivity contribution >= 4 is 28.4 Å². The van der Waals surface area contributed by atoms with Crippen molar-refractivity contribution in [1.29, 1.82) is 0 Å². The zero-order valence-corrected chi connectivity index (χ0v) is 15.0. The highest BCUT2D eigenvalue weighted by atomic mass is 16.2. The van der Waals surface area contributed by atoms with E-state index in [2.05, 4.69) is 22.4 Å². The van der Waals surface area contributed by atoms with E-state index in [0.717, 1.165) is 48.1 Å². The topological polar surface area (TPSA) is 65.2 Å². The Morgan fingerprint density at radius 3 is 2.96 bits per heavy atom. The van der Waals surface area contributed by atoms with E-state index in [4.69, 9.17) is 0 Å². The average Bonchev–Trinajstić information content (AvgIpc) is 3.24. The Morgan fingerprint density at radius 2 is 2.04 bits per heavy atom. The van der Waals surface area contributed by atoms with Crippen LogP contribution in [-0.4, -0.2) is 29.9 Å². The maximum Gasteiger partial charge on any atom is 0.251 e. The highest BCUT2D eigenvalue weighted by Gasteiger charge is 2.32. The Kier molecular flexibility index (Phi) is 3.74. The van der Waals surface area contributed by atoms with Crippen LogP contribution < -0.4 is 10.2 Å². The lowest BCUT2D eigenvalue weighted by molar-refractivity contribution is -0.117. The van der Waals surface area contributed by atoms with Crippen LogP contribution in [0.2, 0.25) is 0 Å². The Bertz CT molecular complexity index is 1070. The first-order valence-corrected chi connectivity index (χ1v) is 9.50. The summed E-state index contributed by atoms with van der Waals surface area (Å²) >= 11 is 0. The number of H-pyrrole nitrogens is 1. The molecule has 0 atom stereocenters. The Labute approximate surface area is 157 Å². The molecular formula is C22H21N3O2. The van der Waals surface area contributed by atoms with Gasteiger partial charge in [0.05, 0.1) is 12.1 Å². The molecular weight excluding hydrogens is 338 g/mol. The van der Waals surface area contributed by atoms with Crippen LogP contribution in [0.3, 0.4) is 0 Å². The van der Waals surface area contributed by atoms with E-state index in [9.17, 15) is 9.59 Å². The number of fused-ring (bicyclic) bond motifs is 1. The van der Waals surface area contributed by atoms with Crippen molar-refractivity contribution in [2.75, 3.05) is 18.0 Å². The lowest BCUT2D eigenvalue weighted by Crippen LogP contribution is -2.31. The number of nitrogens with zero attached hydrogens (tertiary/aromatic N) is 1. The summed E-state index contributed by atoms with van der Waals surface area (Å²) in [5.41, 5.74) is 6.17. The second-order valence-electron chi connectivity index (χ2n) is 7.33. The number of aromatic nitrogens is 1. The number of rotatable bonds is 4.